The Kier molecular flexibility index (Phi) is 5.16. The fraction of sp³-hybridized carbons (Fsp3) is 0.300. The van der Waals surface area contributed by atoms with Crippen LogP contribution < -0.4 is 4.74 Å². The molecule has 0 saturated carbocycles. The average molecular weight is 340 g/mol. The van der Waals surface area contributed by atoms with Crippen molar-refractivity contribution in [1.29, 1.82) is 0 Å². The van der Waals surface area contributed by atoms with Crippen LogP contribution in [-0.4, -0.2) is 22.6 Å². The Morgan fingerprint density at radius 1 is 1.53 bits per heavy atom. The number of nitro groups is 1. The van der Waals surface area contributed by atoms with Crippen LogP contribution in [0, 0.1) is 10.1 Å². The standard InChI is InChI=1S/C10H8BrF2NO5/c11-4-5-1-6(19-10(12)13)2-8(14(17)18)7(5)3-9(15)16/h1-2,10H,3-4H2,(H,15,16). The van der Waals surface area contributed by atoms with Crippen molar-refractivity contribution in [2.45, 2.75) is 18.4 Å². The average Bonchev–Trinajstić information content (AvgIpc) is 2.28. The first-order valence-electron chi connectivity index (χ1n) is 4.88. The highest BCUT2D eigenvalue weighted by Gasteiger charge is 2.22. The number of carboxylic acids is 1. The number of aliphatic carboxylic acids is 1. The molecule has 1 aromatic rings. The lowest BCUT2D eigenvalue weighted by molar-refractivity contribution is -0.385. The monoisotopic (exact) mass is 339 g/mol. The molecule has 0 atom stereocenters. The summed E-state index contributed by atoms with van der Waals surface area (Å²) >= 11 is 3.02. The van der Waals surface area contributed by atoms with Gasteiger partial charge in [0.1, 0.15) is 5.75 Å². The maximum atomic E-state index is 12.1. The number of alkyl halides is 3. The summed E-state index contributed by atoms with van der Waals surface area (Å²) in [7, 11) is 0. The van der Waals surface area contributed by atoms with Crippen molar-refractivity contribution < 1.29 is 28.3 Å². The van der Waals surface area contributed by atoms with E-state index in [0.29, 0.717) is 0 Å². The molecular weight excluding hydrogens is 332 g/mol. The van der Waals surface area contributed by atoms with E-state index in [4.69, 9.17) is 5.11 Å². The van der Waals surface area contributed by atoms with Crippen LogP contribution >= 0.6 is 15.9 Å². The zero-order valence-corrected chi connectivity index (χ0v) is 10.9. The molecule has 0 unspecified atom stereocenters. The van der Waals surface area contributed by atoms with Crippen LogP contribution in [0.3, 0.4) is 0 Å². The number of hydrogen-bond donors (Lipinski definition) is 1. The highest BCUT2D eigenvalue weighted by atomic mass is 79.9. The molecule has 0 spiro atoms. The number of hydrogen-bond acceptors (Lipinski definition) is 4. The van der Waals surface area contributed by atoms with Crippen molar-refractivity contribution >= 4 is 27.6 Å². The van der Waals surface area contributed by atoms with Crippen LogP contribution in [0.5, 0.6) is 5.75 Å². The third kappa shape index (κ3) is 4.12. The Morgan fingerprint density at radius 3 is 2.58 bits per heavy atom. The maximum absolute atomic E-state index is 12.1. The number of halogens is 3. The smallest absolute Gasteiger partial charge is 0.387 e. The number of carbonyl (C=O) groups is 1. The molecule has 0 aromatic heterocycles. The van der Waals surface area contributed by atoms with Gasteiger partial charge in [-0.1, -0.05) is 15.9 Å². The fourth-order valence-electron chi connectivity index (χ4n) is 1.50. The molecular formula is C10H8BrF2NO5. The lowest BCUT2D eigenvalue weighted by Crippen LogP contribution is -2.09. The van der Waals surface area contributed by atoms with Crippen LogP contribution in [-0.2, 0) is 16.5 Å². The van der Waals surface area contributed by atoms with Crippen molar-refractivity contribution in [3.8, 4) is 5.75 Å². The van der Waals surface area contributed by atoms with E-state index >= 15 is 0 Å². The molecule has 0 bridgehead atoms. The first-order valence-corrected chi connectivity index (χ1v) is 6.00. The molecule has 9 heteroatoms. The Bertz CT molecular complexity index is 509. The molecule has 0 amide bonds. The van der Waals surface area contributed by atoms with E-state index in [0.717, 1.165) is 12.1 Å². The second-order valence-electron chi connectivity index (χ2n) is 3.42. The van der Waals surface area contributed by atoms with E-state index in [1.54, 1.807) is 0 Å². The Hall–Kier alpha value is -1.77. The second kappa shape index (κ2) is 6.41. The molecule has 0 aliphatic carbocycles. The van der Waals surface area contributed by atoms with Gasteiger partial charge in [0.15, 0.2) is 0 Å². The first-order chi connectivity index (χ1) is 8.85. The van der Waals surface area contributed by atoms with Gasteiger partial charge in [-0.05, 0) is 11.6 Å². The number of ether oxygens (including phenoxy) is 1. The van der Waals surface area contributed by atoms with Gasteiger partial charge in [-0.2, -0.15) is 8.78 Å². The van der Waals surface area contributed by atoms with Crippen LogP contribution in [0.25, 0.3) is 0 Å². The number of rotatable bonds is 6. The summed E-state index contributed by atoms with van der Waals surface area (Å²) in [6.45, 7) is -3.12. The van der Waals surface area contributed by atoms with Gasteiger partial charge >= 0.3 is 12.6 Å². The largest absolute Gasteiger partial charge is 0.481 e. The summed E-state index contributed by atoms with van der Waals surface area (Å²) in [5, 5.41) is 19.7. The summed E-state index contributed by atoms with van der Waals surface area (Å²) in [6, 6.07) is 1.93. The lowest BCUT2D eigenvalue weighted by Gasteiger charge is -2.10. The van der Waals surface area contributed by atoms with E-state index in [1.807, 2.05) is 0 Å². The summed E-state index contributed by atoms with van der Waals surface area (Å²) < 4.78 is 28.3. The van der Waals surface area contributed by atoms with E-state index < -0.39 is 29.6 Å². The SMILES string of the molecule is O=C(O)Cc1c(CBr)cc(OC(F)F)cc1[N+](=O)[O-]. The molecule has 0 aliphatic heterocycles. The van der Waals surface area contributed by atoms with Gasteiger partial charge < -0.3 is 9.84 Å². The van der Waals surface area contributed by atoms with Gasteiger partial charge in [0.25, 0.3) is 5.69 Å². The molecule has 1 rings (SSSR count). The number of nitrogens with zero attached hydrogens (tertiary/aromatic N) is 1. The number of nitro benzene ring substituents is 1. The van der Waals surface area contributed by atoms with Crippen LogP contribution in [0.15, 0.2) is 12.1 Å². The van der Waals surface area contributed by atoms with Crippen LogP contribution in [0.4, 0.5) is 14.5 Å². The molecule has 0 fully saturated rings. The molecule has 19 heavy (non-hydrogen) atoms. The molecule has 104 valence electrons. The molecule has 6 nitrogen and oxygen atoms in total. The number of benzene rings is 1. The first kappa shape index (κ1) is 15.3. The quantitative estimate of drug-likeness (QED) is 0.489. The Morgan fingerprint density at radius 2 is 2.16 bits per heavy atom. The van der Waals surface area contributed by atoms with Gasteiger partial charge in [0.05, 0.1) is 17.4 Å². The normalized spacial score (nSPS) is 10.5. The van der Waals surface area contributed by atoms with E-state index in [9.17, 15) is 23.7 Å². The summed E-state index contributed by atoms with van der Waals surface area (Å²) in [5.41, 5.74) is -0.391. The van der Waals surface area contributed by atoms with Crippen molar-refractivity contribution in [2.75, 3.05) is 0 Å². The van der Waals surface area contributed by atoms with Gasteiger partial charge in [0.2, 0.25) is 0 Å². The van der Waals surface area contributed by atoms with Gasteiger partial charge in [-0.25, -0.2) is 0 Å². The van der Waals surface area contributed by atoms with Crippen LogP contribution in [0.1, 0.15) is 11.1 Å². The second-order valence-corrected chi connectivity index (χ2v) is 3.98. The van der Waals surface area contributed by atoms with Crippen molar-refractivity contribution in [3.63, 3.8) is 0 Å². The van der Waals surface area contributed by atoms with Crippen LogP contribution in [0.2, 0.25) is 0 Å². The Balaban J connectivity index is 3.35. The molecule has 0 aliphatic rings. The van der Waals surface area contributed by atoms with E-state index in [1.165, 1.54) is 0 Å². The van der Waals surface area contributed by atoms with Crippen molar-refractivity contribution in [2.24, 2.45) is 0 Å². The number of carboxylic acid groups (broad SMARTS) is 1. The van der Waals surface area contributed by atoms with Gasteiger partial charge in [-0.3, -0.25) is 14.9 Å². The molecule has 1 aromatic carbocycles. The molecule has 0 heterocycles. The Labute approximate surface area is 114 Å². The molecule has 1 N–H and O–H groups in total. The van der Waals surface area contributed by atoms with Gasteiger partial charge in [-0.15, -0.1) is 0 Å². The zero-order valence-electron chi connectivity index (χ0n) is 9.31. The minimum Gasteiger partial charge on any atom is -0.481 e. The third-order valence-corrected chi connectivity index (χ3v) is 2.79. The highest BCUT2D eigenvalue weighted by molar-refractivity contribution is 9.08. The zero-order chi connectivity index (χ0) is 14.6. The minimum absolute atomic E-state index is 0.0454. The third-order valence-electron chi connectivity index (χ3n) is 2.19. The van der Waals surface area contributed by atoms with E-state index in [-0.39, 0.29) is 22.2 Å². The van der Waals surface area contributed by atoms with Crippen molar-refractivity contribution in [3.05, 3.63) is 33.4 Å². The lowest BCUT2D eigenvalue weighted by atomic mass is 10.0. The maximum Gasteiger partial charge on any atom is 0.387 e. The minimum atomic E-state index is -3.12. The topological polar surface area (TPSA) is 89.7 Å². The summed E-state index contributed by atoms with van der Waals surface area (Å²) in [4.78, 5) is 20.7. The van der Waals surface area contributed by atoms with Crippen molar-refractivity contribution in [1.82, 2.24) is 0 Å². The predicted octanol–water partition coefficient (Wildman–Crippen LogP) is 2.72. The highest BCUT2D eigenvalue weighted by Crippen LogP contribution is 2.31. The van der Waals surface area contributed by atoms with Gasteiger partial charge in [0, 0.05) is 10.9 Å². The fourth-order valence-corrected chi connectivity index (χ4v) is 2.00. The van der Waals surface area contributed by atoms with E-state index in [2.05, 4.69) is 20.7 Å². The molecule has 0 saturated heterocycles. The predicted molar refractivity (Wildman–Crippen MR) is 63.7 cm³/mol. The summed E-state index contributed by atoms with van der Waals surface area (Å²) in [6.07, 6.45) is -0.577. The summed E-state index contributed by atoms with van der Waals surface area (Å²) in [5.74, 6) is -1.64. The molecule has 0 radical (unpaired) electrons.